The molecule has 6 heteroatoms. The second kappa shape index (κ2) is 4.70. The van der Waals surface area contributed by atoms with Crippen LogP contribution in [0, 0.1) is 5.41 Å². The fraction of sp³-hybridized carbons (Fsp3) is 0.333. The molecule has 96 valence electrons. The molecule has 1 atom stereocenters. The first-order valence-electron chi connectivity index (χ1n) is 5.47. The molecule has 0 saturated carbocycles. The van der Waals surface area contributed by atoms with Crippen LogP contribution in [-0.4, -0.2) is 18.0 Å². The summed E-state index contributed by atoms with van der Waals surface area (Å²) in [6.45, 7) is 3.45. The van der Waals surface area contributed by atoms with Crippen LogP contribution in [0.5, 0.6) is 0 Å². The number of carbonyl (C=O) groups is 1. The number of benzene rings is 1. The van der Waals surface area contributed by atoms with E-state index >= 15 is 0 Å². The van der Waals surface area contributed by atoms with E-state index in [9.17, 15) is 4.79 Å². The summed E-state index contributed by atoms with van der Waals surface area (Å²) in [6.07, 6.45) is -0.478. The van der Waals surface area contributed by atoms with Crippen LogP contribution in [0.25, 0.3) is 0 Å². The van der Waals surface area contributed by atoms with Crippen molar-refractivity contribution in [2.75, 3.05) is 0 Å². The van der Waals surface area contributed by atoms with Gasteiger partial charge < -0.3 is 10.6 Å². The standard InChI is InChI=1S/C12H14BrN3O2/c1-12(2,10(14)17)11-15-9(18-16-11)7-3-5-8(13)6-4-7/h3-6,11,16H,1-2H3,(H2,14,17). The summed E-state index contributed by atoms with van der Waals surface area (Å²) in [5.74, 6) is 0.0335. The highest BCUT2D eigenvalue weighted by Gasteiger charge is 2.39. The molecular weight excluding hydrogens is 298 g/mol. The molecule has 1 aliphatic heterocycles. The van der Waals surface area contributed by atoms with Crippen LogP contribution in [0.4, 0.5) is 0 Å². The summed E-state index contributed by atoms with van der Waals surface area (Å²) in [5, 5.41) is 0. The fourth-order valence-electron chi connectivity index (χ4n) is 1.45. The van der Waals surface area contributed by atoms with Crippen molar-refractivity contribution < 1.29 is 9.63 Å². The Labute approximate surface area is 113 Å². The lowest BCUT2D eigenvalue weighted by atomic mass is 9.89. The second-order valence-corrected chi connectivity index (χ2v) is 5.57. The van der Waals surface area contributed by atoms with Gasteiger partial charge in [-0.1, -0.05) is 15.9 Å². The molecule has 3 N–H and O–H groups in total. The molecule has 2 rings (SSSR count). The van der Waals surface area contributed by atoms with Gasteiger partial charge in [0.05, 0.1) is 5.41 Å². The zero-order valence-corrected chi connectivity index (χ0v) is 11.7. The average molecular weight is 312 g/mol. The van der Waals surface area contributed by atoms with E-state index in [1.165, 1.54) is 0 Å². The van der Waals surface area contributed by atoms with E-state index in [4.69, 9.17) is 10.6 Å². The van der Waals surface area contributed by atoms with Gasteiger partial charge in [-0.2, -0.15) is 0 Å². The molecule has 1 amide bonds. The monoisotopic (exact) mass is 311 g/mol. The van der Waals surface area contributed by atoms with Gasteiger partial charge in [0.2, 0.25) is 11.8 Å². The Morgan fingerprint density at radius 2 is 2.06 bits per heavy atom. The number of carbonyl (C=O) groups excluding carboxylic acids is 1. The predicted octanol–water partition coefficient (Wildman–Crippen LogP) is 1.57. The van der Waals surface area contributed by atoms with Gasteiger partial charge >= 0.3 is 0 Å². The molecule has 0 fully saturated rings. The maximum atomic E-state index is 11.3. The van der Waals surface area contributed by atoms with Gasteiger partial charge in [0.1, 0.15) is 0 Å². The predicted molar refractivity (Wildman–Crippen MR) is 71.7 cm³/mol. The topological polar surface area (TPSA) is 76.7 Å². The fourth-order valence-corrected chi connectivity index (χ4v) is 1.72. The Balaban J connectivity index is 2.23. The normalized spacial score (nSPS) is 19.3. The number of halogens is 1. The molecule has 0 saturated heterocycles. The minimum atomic E-state index is -0.808. The third-order valence-electron chi connectivity index (χ3n) is 2.92. The van der Waals surface area contributed by atoms with Gasteiger partial charge in [-0.05, 0) is 38.1 Å². The molecule has 1 unspecified atom stereocenters. The molecule has 1 aromatic carbocycles. The number of hydroxylamine groups is 1. The van der Waals surface area contributed by atoms with Gasteiger partial charge in [-0.25, -0.2) is 4.99 Å². The Bertz CT molecular complexity index is 497. The number of rotatable bonds is 3. The number of nitrogens with zero attached hydrogens (tertiary/aromatic N) is 1. The first kappa shape index (κ1) is 13.0. The number of aliphatic imine (C=N–C) groups is 1. The van der Waals surface area contributed by atoms with Gasteiger partial charge in [0, 0.05) is 10.0 Å². The van der Waals surface area contributed by atoms with E-state index in [2.05, 4.69) is 26.4 Å². The lowest BCUT2D eigenvalue weighted by molar-refractivity contribution is -0.128. The van der Waals surface area contributed by atoms with Crippen molar-refractivity contribution in [1.29, 1.82) is 0 Å². The van der Waals surface area contributed by atoms with Gasteiger partial charge in [-0.15, -0.1) is 5.48 Å². The summed E-state index contributed by atoms with van der Waals surface area (Å²) >= 11 is 3.36. The molecule has 0 bridgehead atoms. The van der Waals surface area contributed by atoms with Crippen LogP contribution >= 0.6 is 15.9 Å². The number of hydrogen-bond acceptors (Lipinski definition) is 4. The van der Waals surface area contributed by atoms with Crippen molar-refractivity contribution in [3.63, 3.8) is 0 Å². The molecule has 18 heavy (non-hydrogen) atoms. The number of nitrogens with one attached hydrogen (secondary N) is 1. The zero-order valence-electron chi connectivity index (χ0n) is 10.1. The molecular formula is C12H14BrN3O2. The first-order valence-corrected chi connectivity index (χ1v) is 6.26. The first-order chi connectivity index (χ1) is 8.41. The summed E-state index contributed by atoms with van der Waals surface area (Å²) in [4.78, 5) is 21.0. The van der Waals surface area contributed by atoms with Crippen molar-refractivity contribution in [3.05, 3.63) is 34.3 Å². The SMILES string of the molecule is CC(C)(C(N)=O)C1N=C(c2ccc(Br)cc2)ON1. The lowest BCUT2D eigenvalue weighted by Crippen LogP contribution is -2.45. The average Bonchev–Trinajstić information content (AvgIpc) is 2.79. The summed E-state index contributed by atoms with van der Waals surface area (Å²) in [6, 6.07) is 7.55. The van der Waals surface area contributed by atoms with Gasteiger partial charge in [0.15, 0.2) is 6.17 Å². The van der Waals surface area contributed by atoms with Gasteiger partial charge in [-0.3, -0.25) is 4.79 Å². The van der Waals surface area contributed by atoms with Crippen molar-refractivity contribution in [1.82, 2.24) is 5.48 Å². The number of nitrogens with two attached hydrogens (primary N) is 1. The van der Waals surface area contributed by atoms with E-state index in [0.29, 0.717) is 5.90 Å². The number of amides is 1. The van der Waals surface area contributed by atoms with E-state index in [-0.39, 0.29) is 0 Å². The molecule has 0 radical (unpaired) electrons. The number of hydrogen-bond donors (Lipinski definition) is 2. The Morgan fingerprint density at radius 1 is 1.44 bits per heavy atom. The maximum absolute atomic E-state index is 11.3. The van der Waals surface area contributed by atoms with Crippen LogP contribution < -0.4 is 11.2 Å². The molecule has 0 aliphatic carbocycles. The molecule has 1 aliphatic rings. The molecule has 1 aromatic rings. The summed E-state index contributed by atoms with van der Waals surface area (Å²) < 4.78 is 0.979. The molecule has 0 aromatic heterocycles. The largest absolute Gasteiger partial charge is 0.386 e. The third kappa shape index (κ3) is 2.39. The highest BCUT2D eigenvalue weighted by molar-refractivity contribution is 9.10. The van der Waals surface area contributed by atoms with E-state index in [0.717, 1.165) is 10.0 Å². The van der Waals surface area contributed by atoms with E-state index in [1.807, 2.05) is 24.3 Å². The Morgan fingerprint density at radius 3 is 2.61 bits per heavy atom. The lowest BCUT2D eigenvalue weighted by Gasteiger charge is -2.23. The van der Waals surface area contributed by atoms with Crippen LogP contribution in [0.15, 0.2) is 33.7 Å². The van der Waals surface area contributed by atoms with Crippen molar-refractivity contribution in [3.8, 4) is 0 Å². The molecule has 0 spiro atoms. The molecule has 5 nitrogen and oxygen atoms in total. The van der Waals surface area contributed by atoms with Crippen LogP contribution in [0.2, 0.25) is 0 Å². The van der Waals surface area contributed by atoms with Crippen LogP contribution in [0.1, 0.15) is 19.4 Å². The van der Waals surface area contributed by atoms with Crippen LogP contribution in [-0.2, 0) is 9.63 Å². The van der Waals surface area contributed by atoms with Gasteiger partial charge in [0.25, 0.3) is 0 Å². The van der Waals surface area contributed by atoms with Crippen LogP contribution in [0.3, 0.4) is 0 Å². The highest BCUT2D eigenvalue weighted by atomic mass is 79.9. The minimum absolute atomic E-state index is 0.426. The third-order valence-corrected chi connectivity index (χ3v) is 3.45. The van der Waals surface area contributed by atoms with E-state index in [1.54, 1.807) is 13.8 Å². The summed E-state index contributed by atoms with van der Waals surface area (Å²) in [7, 11) is 0. The molecule has 1 heterocycles. The number of primary amides is 1. The van der Waals surface area contributed by atoms with E-state index < -0.39 is 17.5 Å². The van der Waals surface area contributed by atoms with Crippen molar-refractivity contribution in [2.24, 2.45) is 16.1 Å². The smallest absolute Gasteiger partial charge is 0.242 e. The second-order valence-electron chi connectivity index (χ2n) is 4.65. The maximum Gasteiger partial charge on any atom is 0.242 e. The van der Waals surface area contributed by atoms with Crippen molar-refractivity contribution in [2.45, 2.75) is 20.0 Å². The Hall–Kier alpha value is -1.40. The highest BCUT2D eigenvalue weighted by Crippen LogP contribution is 2.25. The quantitative estimate of drug-likeness (QED) is 0.889. The summed E-state index contributed by atoms with van der Waals surface area (Å²) in [5.41, 5.74) is 8.10. The Kier molecular flexibility index (Phi) is 3.41. The van der Waals surface area contributed by atoms with Crippen molar-refractivity contribution >= 4 is 27.7 Å². The zero-order chi connectivity index (χ0) is 13.3. The minimum Gasteiger partial charge on any atom is -0.386 e.